The van der Waals surface area contributed by atoms with Crippen molar-refractivity contribution in [3.8, 4) is 11.5 Å². The fraction of sp³-hybridized carbons (Fsp3) is 0.400. The molecule has 4 rings (SSSR count). The van der Waals surface area contributed by atoms with Gasteiger partial charge in [0.05, 0.1) is 20.4 Å². The van der Waals surface area contributed by atoms with Gasteiger partial charge < -0.3 is 14.8 Å². The molecule has 1 atom stereocenters. The Kier molecular flexibility index (Phi) is 8.94. The minimum absolute atomic E-state index is 0.0654. The van der Waals surface area contributed by atoms with E-state index in [0.29, 0.717) is 28.7 Å². The Morgan fingerprint density at radius 3 is 2.21 bits per heavy atom. The first-order valence-corrected chi connectivity index (χ1v) is 13.1. The van der Waals surface area contributed by atoms with Crippen LogP contribution in [0.5, 0.6) is 11.5 Å². The van der Waals surface area contributed by atoms with Gasteiger partial charge in [0.2, 0.25) is 5.91 Å². The van der Waals surface area contributed by atoms with E-state index in [9.17, 15) is 9.59 Å². The fourth-order valence-corrected chi connectivity index (χ4v) is 4.90. The molecule has 1 N–H and O–H groups in total. The molecule has 200 valence electrons. The Balaban J connectivity index is 1.85. The van der Waals surface area contributed by atoms with Gasteiger partial charge in [-0.2, -0.15) is 0 Å². The van der Waals surface area contributed by atoms with Gasteiger partial charge in [-0.05, 0) is 54.2 Å². The molecule has 0 unspecified atom stereocenters. The second kappa shape index (κ2) is 12.5. The van der Waals surface area contributed by atoms with Crippen LogP contribution in [-0.4, -0.2) is 42.0 Å². The lowest BCUT2D eigenvalue weighted by Gasteiger charge is -2.33. The zero-order valence-corrected chi connectivity index (χ0v) is 22.5. The number of nitrogens with one attached hydrogen (secondary N) is 1. The van der Waals surface area contributed by atoms with E-state index in [0.717, 1.165) is 31.2 Å². The lowest BCUT2D eigenvalue weighted by Crippen LogP contribution is -2.47. The number of ether oxygens (including phenoxy) is 2. The van der Waals surface area contributed by atoms with Gasteiger partial charge >= 0.3 is 0 Å². The average Bonchev–Trinajstić information content (AvgIpc) is 2.96. The SMILES string of the molecule is COc1ccc([C@@H](C(=O)NC2CCCCC2)N(C(=O)c2cnccn2)c2ccc(C(C)C)cc2)cc1OC. The van der Waals surface area contributed by atoms with Crippen molar-refractivity contribution < 1.29 is 19.1 Å². The van der Waals surface area contributed by atoms with Crippen LogP contribution in [0.2, 0.25) is 0 Å². The third-order valence-corrected chi connectivity index (χ3v) is 7.02. The number of amides is 2. The van der Waals surface area contributed by atoms with Gasteiger partial charge in [-0.25, -0.2) is 4.98 Å². The summed E-state index contributed by atoms with van der Waals surface area (Å²) in [5.41, 5.74) is 2.47. The molecule has 8 heteroatoms. The minimum atomic E-state index is -0.976. The summed E-state index contributed by atoms with van der Waals surface area (Å²) in [4.78, 5) is 38.0. The van der Waals surface area contributed by atoms with Crippen LogP contribution in [0, 0.1) is 0 Å². The monoisotopic (exact) mass is 516 g/mol. The number of nitrogens with zero attached hydrogens (tertiary/aromatic N) is 3. The van der Waals surface area contributed by atoms with E-state index < -0.39 is 11.9 Å². The van der Waals surface area contributed by atoms with Crippen molar-refractivity contribution in [1.82, 2.24) is 15.3 Å². The van der Waals surface area contributed by atoms with Crippen molar-refractivity contribution in [2.45, 2.75) is 64.0 Å². The highest BCUT2D eigenvalue weighted by Gasteiger charge is 2.36. The molecule has 1 saturated carbocycles. The summed E-state index contributed by atoms with van der Waals surface area (Å²) in [5.74, 6) is 0.658. The van der Waals surface area contributed by atoms with E-state index in [1.165, 1.54) is 29.9 Å². The minimum Gasteiger partial charge on any atom is -0.493 e. The molecular weight excluding hydrogens is 480 g/mol. The number of aromatic nitrogens is 2. The van der Waals surface area contributed by atoms with Gasteiger partial charge in [0.15, 0.2) is 11.5 Å². The predicted molar refractivity (Wildman–Crippen MR) is 147 cm³/mol. The molecule has 0 saturated heterocycles. The molecule has 2 amide bonds. The van der Waals surface area contributed by atoms with Crippen molar-refractivity contribution in [3.05, 3.63) is 77.9 Å². The second-order valence-electron chi connectivity index (χ2n) is 9.87. The van der Waals surface area contributed by atoms with Crippen LogP contribution >= 0.6 is 0 Å². The summed E-state index contributed by atoms with van der Waals surface area (Å²) >= 11 is 0. The van der Waals surface area contributed by atoms with Crippen molar-refractivity contribution >= 4 is 17.5 Å². The molecule has 0 aliphatic heterocycles. The third-order valence-electron chi connectivity index (χ3n) is 7.02. The molecule has 1 fully saturated rings. The molecule has 1 aliphatic rings. The van der Waals surface area contributed by atoms with Crippen molar-refractivity contribution in [2.24, 2.45) is 0 Å². The molecule has 2 aromatic carbocycles. The number of carbonyl (C=O) groups excluding carboxylic acids is 2. The van der Waals surface area contributed by atoms with Crippen molar-refractivity contribution in [3.63, 3.8) is 0 Å². The van der Waals surface area contributed by atoms with Crippen LogP contribution in [0.4, 0.5) is 5.69 Å². The van der Waals surface area contributed by atoms with Crippen LogP contribution in [0.25, 0.3) is 0 Å². The molecule has 1 heterocycles. The standard InChI is InChI=1S/C30H36N4O4/c1-20(2)21-10-13-24(14-11-21)34(30(36)25-19-31-16-17-32-25)28(29(35)33-23-8-6-5-7-9-23)22-12-15-26(37-3)27(18-22)38-4/h10-20,23,28H,5-9H2,1-4H3,(H,33,35)/t28-/m0/s1. The second-order valence-corrected chi connectivity index (χ2v) is 9.87. The van der Waals surface area contributed by atoms with E-state index in [1.54, 1.807) is 32.4 Å². The Hall–Kier alpha value is -3.94. The summed E-state index contributed by atoms with van der Waals surface area (Å²) in [6.45, 7) is 4.23. The number of benzene rings is 2. The first-order chi connectivity index (χ1) is 18.4. The lowest BCUT2D eigenvalue weighted by atomic mass is 9.94. The van der Waals surface area contributed by atoms with Crippen LogP contribution in [0.1, 0.15) is 79.5 Å². The first kappa shape index (κ1) is 27.1. The molecule has 3 aromatic rings. The number of rotatable bonds is 9. The van der Waals surface area contributed by atoms with Gasteiger partial charge in [-0.15, -0.1) is 0 Å². The number of anilines is 1. The lowest BCUT2D eigenvalue weighted by molar-refractivity contribution is -0.123. The molecular formula is C30H36N4O4. The van der Waals surface area contributed by atoms with Gasteiger partial charge in [0.1, 0.15) is 11.7 Å². The van der Waals surface area contributed by atoms with E-state index in [1.807, 2.05) is 24.3 Å². The predicted octanol–water partition coefficient (Wildman–Crippen LogP) is 5.45. The molecule has 0 bridgehead atoms. The van der Waals surface area contributed by atoms with Gasteiger partial charge in [0.25, 0.3) is 5.91 Å². The summed E-state index contributed by atoms with van der Waals surface area (Å²) in [7, 11) is 3.11. The van der Waals surface area contributed by atoms with Crippen LogP contribution < -0.4 is 19.7 Å². The fourth-order valence-electron chi connectivity index (χ4n) is 4.90. The number of hydrogen-bond donors (Lipinski definition) is 1. The normalized spacial score (nSPS) is 14.6. The topological polar surface area (TPSA) is 93.7 Å². The highest BCUT2D eigenvalue weighted by molar-refractivity contribution is 6.09. The van der Waals surface area contributed by atoms with E-state index >= 15 is 0 Å². The van der Waals surface area contributed by atoms with Gasteiger partial charge in [0, 0.05) is 24.1 Å². The zero-order chi connectivity index (χ0) is 27.1. The van der Waals surface area contributed by atoms with Crippen LogP contribution in [-0.2, 0) is 4.79 Å². The largest absolute Gasteiger partial charge is 0.493 e. The maximum Gasteiger partial charge on any atom is 0.279 e. The van der Waals surface area contributed by atoms with Crippen LogP contribution in [0.3, 0.4) is 0 Å². The molecule has 1 aliphatic carbocycles. The van der Waals surface area contributed by atoms with Crippen molar-refractivity contribution in [2.75, 3.05) is 19.1 Å². The quantitative estimate of drug-likeness (QED) is 0.406. The van der Waals surface area contributed by atoms with Gasteiger partial charge in [-0.3, -0.25) is 19.5 Å². The number of methoxy groups -OCH3 is 2. The first-order valence-electron chi connectivity index (χ1n) is 13.1. The average molecular weight is 517 g/mol. The highest BCUT2D eigenvalue weighted by Crippen LogP contribution is 2.36. The Labute approximate surface area is 224 Å². The summed E-state index contributed by atoms with van der Waals surface area (Å²) in [6.07, 6.45) is 9.57. The molecule has 0 radical (unpaired) electrons. The molecule has 38 heavy (non-hydrogen) atoms. The maximum absolute atomic E-state index is 14.1. The number of carbonyl (C=O) groups is 2. The Morgan fingerprint density at radius 2 is 1.61 bits per heavy atom. The van der Waals surface area contributed by atoms with Crippen molar-refractivity contribution in [1.29, 1.82) is 0 Å². The van der Waals surface area contributed by atoms with E-state index in [2.05, 4.69) is 29.1 Å². The van der Waals surface area contributed by atoms with Gasteiger partial charge in [-0.1, -0.05) is 51.3 Å². The molecule has 1 aromatic heterocycles. The Morgan fingerprint density at radius 1 is 0.921 bits per heavy atom. The Bertz CT molecular complexity index is 1220. The smallest absolute Gasteiger partial charge is 0.279 e. The van der Waals surface area contributed by atoms with E-state index in [4.69, 9.17) is 9.47 Å². The number of hydrogen-bond acceptors (Lipinski definition) is 6. The zero-order valence-electron chi connectivity index (χ0n) is 22.5. The maximum atomic E-state index is 14.1. The highest BCUT2D eigenvalue weighted by atomic mass is 16.5. The van der Waals surface area contributed by atoms with E-state index in [-0.39, 0.29) is 17.6 Å². The van der Waals surface area contributed by atoms with Crippen LogP contribution in [0.15, 0.2) is 61.1 Å². The summed E-state index contributed by atoms with van der Waals surface area (Å²) < 4.78 is 11.0. The molecule has 8 nitrogen and oxygen atoms in total. The summed E-state index contributed by atoms with van der Waals surface area (Å²) in [6, 6.07) is 12.1. The summed E-state index contributed by atoms with van der Waals surface area (Å²) in [5, 5.41) is 3.23. The third kappa shape index (κ3) is 6.13. The molecule has 0 spiro atoms.